The van der Waals surface area contributed by atoms with Gasteiger partial charge in [0.1, 0.15) is 0 Å². The van der Waals surface area contributed by atoms with Crippen molar-refractivity contribution in [3.63, 3.8) is 0 Å². The third kappa shape index (κ3) is 4.86. The SMILES string of the molecule is CC(Cc1ccc(NC(=O)Cc2ccc(Cl)s2)cc1)C(=O)O. The maximum absolute atomic E-state index is 11.9. The van der Waals surface area contributed by atoms with Gasteiger partial charge < -0.3 is 10.4 Å². The minimum absolute atomic E-state index is 0.106. The van der Waals surface area contributed by atoms with E-state index in [1.165, 1.54) is 11.3 Å². The summed E-state index contributed by atoms with van der Waals surface area (Å²) in [5.74, 6) is -1.35. The Hall–Kier alpha value is -1.85. The van der Waals surface area contributed by atoms with E-state index in [4.69, 9.17) is 16.7 Å². The van der Waals surface area contributed by atoms with Crippen LogP contribution in [0.3, 0.4) is 0 Å². The second-order valence-corrected chi connectivity index (χ2v) is 6.87. The molecule has 1 aromatic carbocycles. The number of carboxylic acid groups (broad SMARTS) is 1. The average molecular weight is 338 g/mol. The third-order valence-corrected chi connectivity index (χ3v) is 4.40. The highest BCUT2D eigenvalue weighted by Gasteiger charge is 2.11. The predicted molar refractivity (Wildman–Crippen MR) is 88.6 cm³/mol. The molecule has 2 rings (SSSR count). The van der Waals surface area contributed by atoms with E-state index < -0.39 is 11.9 Å². The second-order valence-electron chi connectivity index (χ2n) is 5.07. The Kier molecular flexibility index (Phi) is 5.57. The van der Waals surface area contributed by atoms with Crippen molar-refractivity contribution < 1.29 is 14.7 Å². The smallest absolute Gasteiger partial charge is 0.306 e. The zero-order valence-electron chi connectivity index (χ0n) is 12.0. The van der Waals surface area contributed by atoms with Gasteiger partial charge in [0.2, 0.25) is 5.91 Å². The van der Waals surface area contributed by atoms with Crippen molar-refractivity contribution in [2.24, 2.45) is 5.92 Å². The van der Waals surface area contributed by atoms with Crippen molar-refractivity contribution in [2.75, 3.05) is 5.32 Å². The summed E-state index contributed by atoms with van der Waals surface area (Å²) in [7, 11) is 0. The first-order valence-electron chi connectivity index (χ1n) is 6.80. The molecule has 2 N–H and O–H groups in total. The van der Waals surface area contributed by atoms with E-state index in [1.807, 2.05) is 18.2 Å². The predicted octanol–water partition coefficient (Wildman–Crippen LogP) is 3.85. The largest absolute Gasteiger partial charge is 0.481 e. The number of carboxylic acids is 1. The number of benzene rings is 1. The molecule has 0 aliphatic carbocycles. The fourth-order valence-electron chi connectivity index (χ4n) is 1.98. The van der Waals surface area contributed by atoms with Gasteiger partial charge >= 0.3 is 5.97 Å². The molecule has 116 valence electrons. The number of amides is 1. The second kappa shape index (κ2) is 7.42. The Morgan fingerprint density at radius 1 is 1.23 bits per heavy atom. The number of thiophene rings is 1. The van der Waals surface area contributed by atoms with Crippen molar-refractivity contribution in [1.82, 2.24) is 0 Å². The Morgan fingerprint density at radius 2 is 1.91 bits per heavy atom. The van der Waals surface area contributed by atoms with Crippen LogP contribution in [0.4, 0.5) is 5.69 Å². The number of aliphatic carboxylic acids is 1. The van der Waals surface area contributed by atoms with Crippen LogP contribution in [-0.4, -0.2) is 17.0 Å². The lowest BCUT2D eigenvalue weighted by molar-refractivity contribution is -0.141. The summed E-state index contributed by atoms with van der Waals surface area (Å²) >= 11 is 7.22. The van der Waals surface area contributed by atoms with E-state index in [2.05, 4.69) is 5.32 Å². The number of hydrogen-bond donors (Lipinski definition) is 2. The van der Waals surface area contributed by atoms with Gasteiger partial charge in [-0.25, -0.2) is 0 Å². The fourth-order valence-corrected chi connectivity index (χ4v) is 3.06. The van der Waals surface area contributed by atoms with Gasteiger partial charge in [0.25, 0.3) is 0 Å². The molecule has 0 saturated heterocycles. The van der Waals surface area contributed by atoms with Crippen LogP contribution in [0.1, 0.15) is 17.4 Å². The summed E-state index contributed by atoms with van der Waals surface area (Å²) in [5.41, 5.74) is 1.62. The molecule has 1 unspecified atom stereocenters. The number of halogens is 1. The molecule has 1 amide bonds. The van der Waals surface area contributed by atoms with Crippen LogP contribution in [0.2, 0.25) is 4.34 Å². The van der Waals surface area contributed by atoms with Crippen LogP contribution >= 0.6 is 22.9 Å². The van der Waals surface area contributed by atoms with Crippen molar-refractivity contribution in [3.8, 4) is 0 Å². The maximum atomic E-state index is 11.9. The molecule has 0 saturated carbocycles. The molecule has 0 aliphatic rings. The van der Waals surface area contributed by atoms with Crippen LogP contribution in [0.5, 0.6) is 0 Å². The van der Waals surface area contributed by atoms with E-state index >= 15 is 0 Å². The Labute approximate surface area is 137 Å². The summed E-state index contributed by atoms with van der Waals surface area (Å²) < 4.78 is 0.666. The van der Waals surface area contributed by atoms with Gasteiger partial charge in [-0.15, -0.1) is 11.3 Å². The Morgan fingerprint density at radius 3 is 2.45 bits per heavy atom. The number of carbonyl (C=O) groups excluding carboxylic acids is 1. The topological polar surface area (TPSA) is 66.4 Å². The molecule has 6 heteroatoms. The molecule has 1 heterocycles. The van der Waals surface area contributed by atoms with E-state index in [0.29, 0.717) is 16.4 Å². The zero-order chi connectivity index (χ0) is 16.1. The highest BCUT2D eigenvalue weighted by molar-refractivity contribution is 7.16. The highest BCUT2D eigenvalue weighted by Crippen LogP contribution is 2.22. The summed E-state index contributed by atoms with van der Waals surface area (Å²) in [6.07, 6.45) is 0.756. The molecule has 0 spiro atoms. The number of anilines is 1. The summed E-state index contributed by atoms with van der Waals surface area (Å²) in [6, 6.07) is 10.8. The van der Waals surface area contributed by atoms with Crippen molar-refractivity contribution in [3.05, 3.63) is 51.2 Å². The third-order valence-electron chi connectivity index (χ3n) is 3.16. The Bertz CT molecular complexity index is 666. The van der Waals surface area contributed by atoms with Crippen molar-refractivity contribution >= 4 is 40.5 Å². The quantitative estimate of drug-likeness (QED) is 0.841. The molecule has 22 heavy (non-hydrogen) atoms. The van der Waals surface area contributed by atoms with E-state index in [0.717, 1.165) is 10.4 Å². The molecule has 0 radical (unpaired) electrons. The average Bonchev–Trinajstić information content (AvgIpc) is 2.86. The lowest BCUT2D eigenvalue weighted by Crippen LogP contribution is -2.14. The normalized spacial score (nSPS) is 11.9. The first-order valence-corrected chi connectivity index (χ1v) is 7.99. The van der Waals surface area contributed by atoms with Gasteiger partial charge in [-0.2, -0.15) is 0 Å². The molecule has 1 atom stereocenters. The first-order chi connectivity index (χ1) is 10.4. The van der Waals surface area contributed by atoms with Gasteiger partial charge in [0.05, 0.1) is 16.7 Å². The zero-order valence-corrected chi connectivity index (χ0v) is 13.6. The standard InChI is InChI=1S/C16H16ClNO3S/c1-10(16(20)21)8-11-2-4-12(5-3-11)18-15(19)9-13-6-7-14(17)22-13/h2-7,10H,8-9H2,1H3,(H,18,19)(H,20,21). The first kappa shape index (κ1) is 16.5. The lowest BCUT2D eigenvalue weighted by atomic mass is 10.0. The fraction of sp³-hybridized carbons (Fsp3) is 0.250. The maximum Gasteiger partial charge on any atom is 0.306 e. The molecule has 4 nitrogen and oxygen atoms in total. The minimum Gasteiger partial charge on any atom is -0.481 e. The monoisotopic (exact) mass is 337 g/mol. The van der Waals surface area contributed by atoms with Gasteiger partial charge in [-0.1, -0.05) is 30.7 Å². The number of nitrogens with one attached hydrogen (secondary N) is 1. The molecule has 0 bridgehead atoms. The number of rotatable bonds is 6. The molecular weight excluding hydrogens is 322 g/mol. The molecule has 2 aromatic rings. The number of carbonyl (C=O) groups is 2. The Balaban J connectivity index is 1.90. The molecule has 1 aromatic heterocycles. The van der Waals surface area contributed by atoms with Gasteiger partial charge in [0.15, 0.2) is 0 Å². The minimum atomic E-state index is -0.813. The van der Waals surface area contributed by atoms with Crippen LogP contribution in [0.15, 0.2) is 36.4 Å². The molecule has 0 fully saturated rings. The number of hydrogen-bond acceptors (Lipinski definition) is 3. The van der Waals surface area contributed by atoms with Crippen molar-refractivity contribution in [2.45, 2.75) is 19.8 Å². The summed E-state index contributed by atoms with van der Waals surface area (Å²) in [5, 5.41) is 11.7. The molecular formula is C16H16ClNO3S. The van der Waals surface area contributed by atoms with E-state index in [1.54, 1.807) is 25.1 Å². The highest BCUT2D eigenvalue weighted by atomic mass is 35.5. The van der Waals surface area contributed by atoms with Crippen LogP contribution in [0, 0.1) is 5.92 Å². The van der Waals surface area contributed by atoms with Crippen molar-refractivity contribution in [1.29, 1.82) is 0 Å². The van der Waals surface area contributed by atoms with Crippen LogP contribution in [-0.2, 0) is 22.4 Å². The lowest BCUT2D eigenvalue weighted by Gasteiger charge is -2.08. The molecule has 0 aliphatic heterocycles. The van der Waals surface area contributed by atoms with Gasteiger partial charge in [-0.3, -0.25) is 9.59 Å². The summed E-state index contributed by atoms with van der Waals surface area (Å²) in [4.78, 5) is 23.7. The van der Waals surface area contributed by atoms with Crippen LogP contribution in [0.25, 0.3) is 0 Å². The van der Waals surface area contributed by atoms with Gasteiger partial charge in [-0.05, 0) is 36.2 Å². The van der Waals surface area contributed by atoms with E-state index in [-0.39, 0.29) is 12.3 Å². The summed E-state index contributed by atoms with van der Waals surface area (Å²) in [6.45, 7) is 1.67. The van der Waals surface area contributed by atoms with E-state index in [9.17, 15) is 9.59 Å². The van der Waals surface area contributed by atoms with Crippen LogP contribution < -0.4 is 5.32 Å². The van der Waals surface area contributed by atoms with Gasteiger partial charge in [0, 0.05) is 10.6 Å².